The molecule has 0 aliphatic carbocycles. The molecule has 1 unspecified atom stereocenters. The first-order valence-electron chi connectivity index (χ1n) is 8.27. The van der Waals surface area contributed by atoms with Crippen molar-refractivity contribution in [1.82, 2.24) is 0 Å². The number of hydrogen-bond donors (Lipinski definition) is 1. The van der Waals surface area contributed by atoms with E-state index in [1.54, 1.807) is 14.2 Å². The van der Waals surface area contributed by atoms with Crippen LogP contribution in [0.3, 0.4) is 0 Å². The second-order valence-electron chi connectivity index (χ2n) is 5.80. The first-order chi connectivity index (χ1) is 11.6. The summed E-state index contributed by atoms with van der Waals surface area (Å²) in [6.45, 7) is 5.28. The van der Waals surface area contributed by atoms with Crippen molar-refractivity contribution < 1.29 is 14.2 Å². The Morgan fingerprint density at radius 2 is 1.67 bits per heavy atom. The highest BCUT2D eigenvalue weighted by atomic mass is 16.5. The van der Waals surface area contributed by atoms with E-state index in [0.29, 0.717) is 13.2 Å². The largest absolute Gasteiger partial charge is 0.494 e. The van der Waals surface area contributed by atoms with Gasteiger partial charge in [0.25, 0.3) is 0 Å². The molecule has 0 fully saturated rings. The van der Waals surface area contributed by atoms with Gasteiger partial charge in [-0.15, -0.1) is 0 Å². The minimum atomic E-state index is 0.185. The molecule has 0 bridgehead atoms. The van der Waals surface area contributed by atoms with Crippen molar-refractivity contribution >= 4 is 0 Å². The maximum atomic E-state index is 6.08. The molecule has 0 aliphatic heterocycles. The zero-order valence-electron chi connectivity index (χ0n) is 15.0. The maximum absolute atomic E-state index is 6.08. The van der Waals surface area contributed by atoms with Gasteiger partial charge >= 0.3 is 0 Å². The van der Waals surface area contributed by atoms with E-state index >= 15 is 0 Å². The van der Waals surface area contributed by atoms with Gasteiger partial charge in [0.2, 0.25) is 0 Å². The van der Waals surface area contributed by atoms with E-state index in [1.165, 1.54) is 5.56 Å². The fraction of sp³-hybridized carbons (Fsp3) is 0.400. The lowest BCUT2D eigenvalue weighted by atomic mass is 9.90. The molecule has 4 nitrogen and oxygen atoms in total. The third-order valence-electron chi connectivity index (χ3n) is 4.12. The molecule has 4 heteroatoms. The molecule has 0 amide bonds. The molecule has 0 heterocycles. The standard InChI is InChI=1S/C20H27NO3/c1-5-24-18-8-6-14(2)10-17(18)16(13-21)11-15-7-9-19(22-3)20(12-15)23-4/h6-10,12,16H,5,11,13,21H2,1-4H3. The molecule has 0 saturated heterocycles. The van der Waals surface area contributed by atoms with E-state index in [2.05, 4.69) is 25.1 Å². The zero-order valence-corrected chi connectivity index (χ0v) is 15.0. The zero-order chi connectivity index (χ0) is 17.5. The molecule has 0 aromatic heterocycles. The summed E-state index contributed by atoms with van der Waals surface area (Å²) in [5.74, 6) is 2.57. The smallest absolute Gasteiger partial charge is 0.160 e. The Kier molecular flexibility index (Phi) is 6.50. The highest BCUT2D eigenvalue weighted by Gasteiger charge is 2.17. The van der Waals surface area contributed by atoms with E-state index in [1.807, 2.05) is 25.1 Å². The van der Waals surface area contributed by atoms with Gasteiger partial charge in [-0.3, -0.25) is 0 Å². The van der Waals surface area contributed by atoms with Crippen molar-refractivity contribution in [1.29, 1.82) is 0 Å². The van der Waals surface area contributed by atoms with Crippen LogP contribution < -0.4 is 19.9 Å². The van der Waals surface area contributed by atoms with Crippen LogP contribution in [0.5, 0.6) is 17.2 Å². The molecule has 130 valence electrons. The second kappa shape index (κ2) is 8.60. The molecular weight excluding hydrogens is 302 g/mol. The van der Waals surface area contributed by atoms with Crippen LogP contribution in [0.15, 0.2) is 36.4 Å². The van der Waals surface area contributed by atoms with E-state index in [4.69, 9.17) is 19.9 Å². The van der Waals surface area contributed by atoms with Crippen molar-refractivity contribution in [3.63, 3.8) is 0 Å². The summed E-state index contributed by atoms with van der Waals surface area (Å²) < 4.78 is 16.5. The molecule has 1 atom stereocenters. The van der Waals surface area contributed by atoms with Gasteiger partial charge in [0.15, 0.2) is 11.5 Å². The molecule has 24 heavy (non-hydrogen) atoms. The predicted octanol–water partition coefficient (Wildman–Crippen LogP) is 3.70. The van der Waals surface area contributed by atoms with Gasteiger partial charge in [-0.1, -0.05) is 23.8 Å². The summed E-state index contributed by atoms with van der Waals surface area (Å²) in [5.41, 5.74) is 9.61. The first kappa shape index (κ1) is 18.1. The van der Waals surface area contributed by atoms with Crippen LogP contribution in [0.25, 0.3) is 0 Å². The van der Waals surface area contributed by atoms with Crippen molar-refractivity contribution in [3.05, 3.63) is 53.1 Å². The van der Waals surface area contributed by atoms with Crippen LogP contribution in [0.1, 0.15) is 29.5 Å². The Hall–Kier alpha value is -2.20. The second-order valence-corrected chi connectivity index (χ2v) is 5.80. The van der Waals surface area contributed by atoms with Gasteiger partial charge in [-0.05, 0) is 56.1 Å². The van der Waals surface area contributed by atoms with Crippen LogP contribution in [0, 0.1) is 6.92 Å². The Morgan fingerprint density at radius 1 is 0.958 bits per heavy atom. The lowest BCUT2D eigenvalue weighted by Crippen LogP contribution is -2.16. The molecule has 0 saturated carbocycles. The fourth-order valence-corrected chi connectivity index (χ4v) is 2.89. The first-order valence-corrected chi connectivity index (χ1v) is 8.27. The topological polar surface area (TPSA) is 53.7 Å². The Morgan fingerprint density at radius 3 is 2.29 bits per heavy atom. The van der Waals surface area contributed by atoms with Crippen molar-refractivity contribution in [2.45, 2.75) is 26.2 Å². The molecule has 2 N–H and O–H groups in total. The summed E-state index contributed by atoms with van der Waals surface area (Å²) in [4.78, 5) is 0. The van der Waals surface area contributed by atoms with Gasteiger partial charge < -0.3 is 19.9 Å². The average Bonchev–Trinajstić information content (AvgIpc) is 2.61. The van der Waals surface area contributed by atoms with Crippen molar-refractivity contribution in [3.8, 4) is 17.2 Å². The molecule has 0 spiro atoms. The number of nitrogens with two attached hydrogens (primary N) is 1. The summed E-state index contributed by atoms with van der Waals surface area (Å²) in [5, 5.41) is 0. The average molecular weight is 329 g/mol. The molecule has 0 radical (unpaired) electrons. The lowest BCUT2D eigenvalue weighted by Gasteiger charge is -2.20. The highest BCUT2D eigenvalue weighted by Crippen LogP contribution is 2.33. The number of hydrogen-bond acceptors (Lipinski definition) is 4. The van der Waals surface area contributed by atoms with Gasteiger partial charge in [0.05, 0.1) is 20.8 Å². The minimum Gasteiger partial charge on any atom is -0.494 e. The number of aryl methyl sites for hydroxylation is 1. The number of methoxy groups -OCH3 is 2. The normalized spacial score (nSPS) is 11.9. The maximum Gasteiger partial charge on any atom is 0.160 e. The van der Waals surface area contributed by atoms with E-state index in [9.17, 15) is 0 Å². The summed E-state index contributed by atoms with van der Waals surface area (Å²) in [7, 11) is 3.29. The van der Waals surface area contributed by atoms with E-state index in [0.717, 1.165) is 34.8 Å². The summed E-state index contributed by atoms with van der Waals surface area (Å²) >= 11 is 0. The lowest BCUT2D eigenvalue weighted by molar-refractivity contribution is 0.334. The fourth-order valence-electron chi connectivity index (χ4n) is 2.89. The van der Waals surface area contributed by atoms with Crippen LogP contribution in [0.2, 0.25) is 0 Å². The van der Waals surface area contributed by atoms with Gasteiger partial charge in [0.1, 0.15) is 5.75 Å². The quantitative estimate of drug-likeness (QED) is 0.802. The van der Waals surface area contributed by atoms with Crippen LogP contribution in [-0.2, 0) is 6.42 Å². The summed E-state index contributed by atoms with van der Waals surface area (Å²) in [6, 6.07) is 12.3. The number of ether oxygens (including phenoxy) is 3. The molecule has 2 aromatic rings. The van der Waals surface area contributed by atoms with Crippen LogP contribution in [0.4, 0.5) is 0 Å². The van der Waals surface area contributed by atoms with E-state index < -0.39 is 0 Å². The molecular formula is C20H27NO3. The predicted molar refractivity (Wildman–Crippen MR) is 97.4 cm³/mol. The van der Waals surface area contributed by atoms with Crippen molar-refractivity contribution in [2.24, 2.45) is 5.73 Å². The summed E-state index contributed by atoms with van der Waals surface area (Å²) in [6.07, 6.45) is 0.820. The van der Waals surface area contributed by atoms with Gasteiger partial charge in [-0.25, -0.2) is 0 Å². The Bertz CT molecular complexity index is 670. The molecule has 2 aromatic carbocycles. The number of benzene rings is 2. The van der Waals surface area contributed by atoms with Crippen LogP contribution >= 0.6 is 0 Å². The van der Waals surface area contributed by atoms with Crippen LogP contribution in [-0.4, -0.2) is 27.4 Å². The molecule has 2 rings (SSSR count). The highest BCUT2D eigenvalue weighted by molar-refractivity contribution is 5.45. The van der Waals surface area contributed by atoms with E-state index in [-0.39, 0.29) is 5.92 Å². The SMILES string of the molecule is CCOc1ccc(C)cc1C(CN)Cc1ccc(OC)c(OC)c1. The Labute approximate surface area is 144 Å². The van der Waals surface area contributed by atoms with Crippen molar-refractivity contribution in [2.75, 3.05) is 27.4 Å². The van der Waals surface area contributed by atoms with Gasteiger partial charge in [0, 0.05) is 5.92 Å². The third-order valence-corrected chi connectivity index (χ3v) is 4.12. The monoisotopic (exact) mass is 329 g/mol. The van der Waals surface area contributed by atoms with Gasteiger partial charge in [-0.2, -0.15) is 0 Å². The molecule has 0 aliphatic rings. The number of rotatable bonds is 8. The Balaban J connectivity index is 2.31. The third kappa shape index (κ3) is 4.20. The minimum absolute atomic E-state index is 0.185.